The van der Waals surface area contributed by atoms with Crippen LogP contribution >= 0.6 is 23.2 Å². The highest BCUT2D eigenvalue weighted by atomic mass is 35.5. The molecule has 0 spiro atoms. The first kappa shape index (κ1) is 22.6. The van der Waals surface area contributed by atoms with Gasteiger partial charge in [0, 0.05) is 31.7 Å². The predicted molar refractivity (Wildman–Crippen MR) is 119 cm³/mol. The maximum absolute atomic E-state index is 13.0. The molecule has 8 heteroatoms. The van der Waals surface area contributed by atoms with Crippen molar-refractivity contribution < 1.29 is 14.3 Å². The topological polar surface area (TPSA) is 61.9 Å². The van der Waals surface area contributed by atoms with Crippen LogP contribution in [-0.2, 0) is 16.1 Å². The van der Waals surface area contributed by atoms with Gasteiger partial charge in [0.05, 0.1) is 28.9 Å². The van der Waals surface area contributed by atoms with Crippen LogP contribution in [0.5, 0.6) is 0 Å². The van der Waals surface area contributed by atoms with Gasteiger partial charge in [-0.25, -0.2) is 0 Å². The molecule has 0 atom stereocenters. The molecule has 2 aromatic rings. The lowest BCUT2D eigenvalue weighted by Crippen LogP contribution is -2.38. The lowest BCUT2D eigenvalue weighted by Gasteiger charge is -2.27. The van der Waals surface area contributed by atoms with Gasteiger partial charge in [-0.3, -0.25) is 14.5 Å². The van der Waals surface area contributed by atoms with Crippen LogP contribution in [0.1, 0.15) is 22.8 Å². The standard InChI is InChI=1S/C22H25Cl2N3O3/c1-2-27(15-20(28)25-21-18(23)7-4-8-19(21)24)22(29)17-6-3-5-16(13-17)14-26-9-11-30-12-10-26/h3-8,13H,2,9-12,14-15H2,1H3,(H,25,28). The van der Waals surface area contributed by atoms with Crippen molar-refractivity contribution in [2.24, 2.45) is 0 Å². The molecule has 0 saturated carbocycles. The van der Waals surface area contributed by atoms with Crippen molar-refractivity contribution in [2.45, 2.75) is 13.5 Å². The minimum Gasteiger partial charge on any atom is -0.379 e. The molecule has 2 aromatic carbocycles. The molecule has 6 nitrogen and oxygen atoms in total. The number of nitrogens with zero attached hydrogens (tertiary/aromatic N) is 2. The van der Waals surface area contributed by atoms with Crippen molar-refractivity contribution >= 4 is 40.7 Å². The van der Waals surface area contributed by atoms with Crippen LogP contribution in [0, 0.1) is 0 Å². The molecule has 1 saturated heterocycles. The van der Waals surface area contributed by atoms with E-state index in [2.05, 4.69) is 10.2 Å². The Balaban J connectivity index is 1.65. The third-order valence-electron chi connectivity index (χ3n) is 4.91. The Morgan fingerprint density at radius 3 is 2.43 bits per heavy atom. The number of anilines is 1. The van der Waals surface area contributed by atoms with Crippen molar-refractivity contribution in [1.82, 2.24) is 9.80 Å². The molecule has 0 radical (unpaired) electrons. The first-order chi connectivity index (χ1) is 14.5. The molecular weight excluding hydrogens is 425 g/mol. The highest BCUT2D eigenvalue weighted by Crippen LogP contribution is 2.29. The first-order valence-electron chi connectivity index (χ1n) is 9.90. The summed E-state index contributed by atoms with van der Waals surface area (Å²) in [5.74, 6) is -0.550. The summed E-state index contributed by atoms with van der Waals surface area (Å²) in [6, 6.07) is 12.5. The summed E-state index contributed by atoms with van der Waals surface area (Å²) < 4.78 is 5.38. The molecular formula is C22H25Cl2N3O3. The lowest BCUT2D eigenvalue weighted by molar-refractivity contribution is -0.116. The van der Waals surface area contributed by atoms with E-state index in [1.807, 2.05) is 25.1 Å². The number of ether oxygens (including phenoxy) is 1. The first-order valence-corrected chi connectivity index (χ1v) is 10.7. The fraction of sp³-hybridized carbons (Fsp3) is 0.364. The van der Waals surface area contributed by atoms with E-state index in [0.29, 0.717) is 27.8 Å². The van der Waals surface area contributed by atoms with Crippen LogP contribution in [0.4, 0.5) is 5.69 Å². The van der Waals surface area contributed by atoms with Gasteiger partial charge in [0.25, 0.3) is 5.91 Å². The molecule has 1 fully saturated rings. The Morgan fingerprint density at radius 1 is 1.10 bits per heavy atom. The molecule has 1 N–H and O–H groups in total. The minimum absolute atomic E-state index is 0.0927. The van der Waals surface area contributed by atoms with Crippen molar-refractivity contribution in [2.75, 3.05) is 44.7 Å². The Hall–Kier alpha value is -2.12. The number of para-hydroxylation sites is 1. The number of hydrogen-bond donors (Lipinski definition) is 1. The molecule has 1 aliphatic heterocycles. The molecule has 30 heavy (non-hydrogen) atoms. The Kier molecular flexibility index (Phi) is 8.10. The summed E-state index contributed by atoms with van der Waals surface area (Å²) >= 11 is 12.2. The normalized spacial score (nSPS) is 14.4. The van der Waals surface area contributed by atoms with Crippen LogP contribution < -0.4 is 5.32 Å². The van der Waals surface area contributed by atoms with E-state index in [-0.39, 0.29) is 18.4 Å². The number of rotatable bonds is 7. The van der Waals surface area contributed by atoms with Gasteiger partial charge in [-0.05, 0) is 36.8 Å². The summed E-state index contributed by atoms with van der Waals surface area (Å²) in [6.07, 6.45) is 0. The van der Waals surface area contributed by atoms with Crippen LogP contribution in [0.3, 0.4) is 0 Å². The summed E-state index contributed by atoms with van der Waals surface area (Å²) in [4.78, 5) is 29.3. The largest absolute Gasteiger partial charge is 0.379 e. The van der Waals surface area contributed by atoms with Gasteiger partial charge >= 0.3 is 0 Å². The SMILES string of the molecule is CCN(CC(=O)Nc1c(Cl)cccc1Cl)C(=O)c1cccc(CN2CCOCC2)c1. The smallest absolute Gasteiger partial charge is 0.254 e. The Morgan fingerprint density at radius 2 is 1.77 bits per heavy atom. The van der Waals surface area contributed by atoms with Crippen LogP contribution in [0.15, 0.2) is 42.5 Å². The number of halogens is 2. The number of likely N-dealkylation sites (N-methyl/N-ethyl adjacent to an activating group) is 1. The lowest BCUT2D eigenvalue weighted by atomic mass is 10.1. The van der Waals surface area contributed by atoms with Gasteiger partial charge in [-0.2, -0.15) is 0 Å². The van der Waals surface area contributed by atoms with E-state index < -0.39 is 0 Å². The highest BCUT2D eigenvalue weighted by molar-refractivity contribution is 6.39. The molecule has 0 aromatic heterocycles. The Labute approximate surface area is 186 Å². The number of carbonyl (C=O) groups excluding carboxylic acids is 2. The molecule has 0 bridgehead atoms. The summed E-state index contributed by atoms with van der Waals surface area (Å²) in [7, 11) is 0. The van der Waals surface area contributed by atoms with Crippen molar-refractivity contribution in [3.63, 3.8) is 0 Å². The van der Waals surface area contributed by atoms with Gasteiger partial charge in [0.1, 0.15) is 6.54 Å². The fourth-order valence-corrected chi connectivity index (χ4v) is 3.79. The molecule has 160 valence electrons. The van der Waals surface area contributed by atoms with Gasteiger partial charge in [0.15, 0.2) is 0 Å². The van der Waals surface area contributed by atoms with Crippen molar-refractivity contribution in [1.29, 1.82) is 0 Å². The summed E-state index contributed by atoms with van der Waals surface area (Å²) in [6.45, 7) is 6.13. The average Bonchev–Trinajstić information content (AvgIpc) is 2.75. The number of nitrogens with one attached hydrogen (secondary N) is 1. The quantitative estimate of drug-likeness (QED) is 0.695. The second-order valence-corrected chi connectivity index (χ2v) is 7.87. The Bertz CT molecular complexity index is 881. The summed E-state index contributed by atoms with van der Waals surface area (Å²) in [5, 5.41) is 3.40. The fourth-order valence-electron chi connectivity index (χ4n) is 3.30. The van der Waals surface area contributed by atoms with E-state index in [0.717, 1.165) is 38.4 Å². The van der Waals surface area contributed by atoms with E-state index in [9.17, 15) is 9.59 Å². The van der Waals surface area contributed by atoms with Crippen LogP contribution in [0.25, 0.3) is 0 Å². The predicted octanol–water partition coefficient (Wildman–Crippen LogP) is 3.93. The van der Waals surface area contributed by atoms with Crippen molar-refractivity contribution in [3.8, 4) is 0 Å². The summed E-state index contributed by atoms with van der Waals surface area (Å²) in [5.41, 5.74) is 1.97. The third-order valence-corrected chi connectivity index (χ3v) is 5.54. The van der Waals surface area contributed by atoms with Crippen LogP contribution in [0.2, 0.25) is 10.0 Å². The maximum Gasteiger partial charge on any atom is 0.254 e. The molecule has 1 heterocycles. The van der Waals surface area contributed by atoms with E-state index in [1.165, 1.54) is 4.90 Å². The molecule has 1 aliphatic rings. The van der Waals surface area contributed by atoms with Gasteiger partial charge in [0.2, 0.25) is 5.91 Å². The van der Waals surface area contributed by atoms with Gasteiger partial charge in [-0.15, -0.1) is 0 Å². The molecule has 2 amide bonds. The van der Waals surface area contributed by atoms with E-state index >= 15 is 0 Å². The number of hydrogen-bond acceptors (Lipinski definition) is 4. The zero-order valence-corrected chi connectivity index (χ0v) is 18.4. The number of amides is 2. The average molecular weight is 450 g/mol. The molecule has 0 unspecified atom stereocenters. The highest BCUT2D eigenvalue weighted by Gasteiger charge is 2.19. The monoisotopic (exact) mass is 449 g/mol. The number of benzene rings is 2. The van der Waals surface area contributed by atoms with Gasteiger partial charge in [-0.1, -0.05) is 41.4 Å². The third kappa shape index (κ3) is 5.95. The number of carbonyl (C=O) groups is 2. The second-order valence-electron chi connectivity index (χ2n) is 7.05. The molecule has 3 rings (SSSR count). The zero-order chi connectivity index (χ0) is 21.5. The molecule has 0 aliphatic carbocycles. The van der Waals surface area contributed by atoms with E-state index in [1.54, 1.807) is 24.3 Å². The van der Waals surface area contributed by atoms with Crippen molar-refractivity contribution in [3.05, 3.63) is 63.6 Å². The van der Waals surface area contributed by atoms with Crippen LogP contribution in [-0.4, -0.2) is 61.0 Å². The van der Waals surface area contributed by atoms with E-state index in [4.69, 9.17) is 27.9 Å². The maximum atomic E-state index is 13.0. The number of morpholine rings is 1. The zero-order valence-electron chi connectivity index (χ0n) is 16.9. The minimum atomic E-state index is -0.357. The van der Waals surface area contributed by atoms with Gasteiger partial charge < -0.3 is 15.0 Å². The second kappa shape index (κ2) is 10.8.